The second-order valence-corrected chi connectivity index (χ2v) is 5.38. The highest BCUT2D eigenvalue weighted by molar-refractivity contribution is 5.90. The Bertz CT molecular complexity index is 731. The van der Waals surface area contributed by atoms with E-state index in [9.17, 15) is 18.0 Å². The first-order valence-corrected chi connectivity index (χ1v) is 7.30. The number of halogens is 3. The van der Waals surface area contributed by atoms with Crippen molar-refractivity contribution in [3.63, 3.8) is 0 Å². The molecule has 9 nitrogen and oxygen atoms in total. The molecule has 3 heterocycles. The number of nitrogens with zero attached hydrogens (tertiary/aromatic N) is 5. The molecule has 12 heteroatoms. The molecule has 1 atom stereocenters. The lowest BCUT2D eigenvalue weighted by Gasteiger charge is -2.09. The van der Waals surface area contributed by atoms with Gasteiger partial charge in [-0.15, -0.1) is 10.2 Å². The van der Waals surface area contributed by atoms with Crippen LogP contribution in [0.25, 0.3) is 5.95 Å². The molecule has 1 aliphatic heterocycles. The number of aromatic nitrogens is 6. The van der Waals surface area contributed by atoms with Gasteiger partial charge in [-0.05, 0) is 26.3 Å². The maximum Gasteiger partial charge on any atom is 0.451 e. The molecule has 2 aromatic heterocycles. The van der Waals surface area contributed by atoms with Crippen molar-refractivity contribution in [1.29, 1.82) is 0 Å². The molecule has 1 saturated heterocycles. The van der Waals surface area contributed by atoms with E-state index in [-0.39, 0.29) is 23.6 Å². The van der Waals surface area contributed by atoms with Crippen LogP contribution in [0.2, 0.25) is 0 Å². The van der Waals surface area contributed by atoms with Gasteiger partial charge in [0.05, 0.1) is 0 Å². The topological polar surface area (TPSA) is 113 Å². The van der Waals surface area contributed by atoms with Gasteiger partial charge >= 0.3 is 6.18 Å². The summed E-state index contributed by atoms with van der Waals surface area (Å²) >= 11 is 0. The molecule has 1 aliphatic rings. The number of carbonyl (C=O) groups excluding carboxylic acids is 1. The molecule has 2 aromatic rings. The molecule has 0 spiro atoms. The van der Waals surface area contributed by atoms with Crippen molar-refractivity contribution < 1.29 is 18.0 Å². The number of aromatic amines is 1. The van der Waals surface area contributed by atoms with Gasteiger partial charge in [0.25, 0.3) is 11.9 Å². The standard InChI is InChI=1S/C12H15F3N8O/c1-6-18-8(9(24)17-5-7-3-2-4-16-7)22-23(6)11-19-10(20-21-11)12(13,14)15/h7,16H,2-5H2,1H3,(H,17,24)(H,19,20,21). The van der Waals surface area contributed by atoms with Gasteiger partial charge in [0.1, 0.15) is 5.82 Å². The summed E-state index contributed by atoms with van der Waals surface area (Å²) in [7, 11) is 0. The minimum Gasteiger partial charge on any atom is -0.348 e. The van der Waals surface area contributed by atoms with Gasteiger partial charge < -0.3 is 10.6 Å². The van der Waals surface area contributed by atoms with Crippen molar-refractivity contribution >= 4 is 5.91 Å². The van der Waals surface area contributed by atoms with Gasteiger partial charge in [-0.2, -0.15) is 22.8 Å². The summed E-state index contributed by atoms with van der Waals surface area (Å²) in [5.74, 6) is -2.03. The van der Waals surface area contributed by atoms with Crippen LogP contribution in [0.1, 0.15) is 35.1 Å². The van der Waals surface area contributed by atoms with Crippen molar-refractivity contribution in [2.45, 2.75) is 32.0 Å². The van der Waals surface area contributed by atoms with E-state index in [1.807, 2.05) is 0 Å². The Labute approximate surface area is 134 Å². The first-order valence-electron chi connectivity index (χ1n) is 7.30. The molecule has 0 aromatic carbocycles. The van der Waals surface area contributed by atoms with E-state index in [1.165, 1.54) is 6.92 Å². The monoisotopic (exact) mass is 344 g/mol. The molecule has 1 fully saturated rings. The van der Waals surface area contributed by atoms with Gasteiger partial charge in [0, 0.05) is 12.6 Å². The SMILES string of the molecule is Cc1nc(C(=O)NCC2CCCN2)nn1-c1n[nH]c(C(F)(F)F)n1. The minimum atomic E-state index is -4.64. The number of rotatable bonds is 4. The number of amides is 1. The number of carbonyl (C=O) groups is 1. The average Bonchev–Trinajstić information content (AvgIpc) is 3.24. The third-order valence-corrected chi connectivity index (χ3v) is 3.57. The number of H-pyrrole nitrogens is 1. The fraction of sp³-hybridized carbons (Fsp3) is 0.583. The maximum atomic E-state index is 12.6. The molecular formula is C12H15F3N8O. The Morgan fingerprint density at radius 1 is 1.42 bits per heavy atom. The number of hydrogen-bond acceptors (Lipinski definition) is 6. The van der Waals surface area contributed by atoms with Gasteiger partial charge in [0.15, 0.2) is 0 Å². The van der Waals surface area contributed by atoms with Crippen LogP contribution in [0.4, 0.5) is 13.2 Å². The quantitative estimate of drug-likeness (QED) is 0.730. The summed E-state index contributed by atoms with van der Waals surface area (Å²) in [4.78, 5) is 19.3. The van der Waals surface area contributed by atoms with Crippen molar-refractivity contribution in [1.82, 2.24) is 40.6 Å². The molecule has 1 amide bonds. The number of alkyl halides is 3. The zero-order valence-electron chi connectivity index (χ0n) is 12.7. The predicted octanol–water partition coefficient (Wildman–Crippen LogP) is 0.194. The summed E-state index contributed by atoms with van der Waals surface area (Å²) in [5.41, 5.74) is 0. The second-order valence-electron chi connectivity index (χ2n) is 5.38. The molecular weight excluding hydrogens is 329 g/mol. The highest BCUT2D eigenvalue weighted by Gasteiger charge is 2.35. The Morgan fingerprint density at radius 3 is 2.83 bits per heavy atom. The zero-order valence-corrected chi connectivity index (χ0v) is 12.7. The van der Waals surface area contributed by atoms with Crippen LogP contribution in [-0.4, -0.2) is 55.0 Å². The Balaban J connectivity index is 1.72. The predicted molar refractivity (Wildman–Crippen MR) is 74.4 cm³/mol. The number of hydrogen-bond donors (Lipinski definition) is 3. The van der Waals surface area contributed by atoms with Gasteiger partial charge in [0.2, 0.25) is 11.6 Å². The maximum absolute atomic E-state index is 12.6. The molecule has 3 N–H and O–H groups in total. The Kier molecular flexibility index (Phi) is 4.22. The lowest BCUT2D eigenvalue weighted by molar-refractivity contribution is -0.144. The fourth-order valence-corrected chi connectivity index (χ4v) is 2.38. The van der Waals surface area contributed by atoms with E-state index < -0.39 is 17.9 Å². The number of aryl methyl sites for hydroxylation is 1. The van der Waals surface area contributed by atoms with Crippen molar-refractivity contribution in [2.75, 3.05) is 13.1 Å². The van der Waals surface area contributed by atoms with Gasteiger partial charge in [-0.25, -0.2) is 4.98 Å². The summed E-state index contributed by atoms with van der Waals surface area (Å²) in [6.07, 6.45) is -2.62. The van der Waals surface area contributed by atoms with E-state index in [0.29, 0.717) is 6.54 Å². The molecule has 0 saturated carbocycles. The third-order valence-electron chi connectivity index (χ3n) is 3.57. The van der Waals surface area contributed by atoms with Crippen LogP contribution in [0, 0.1) is 6.92 Å². The van der Waals surface area contributed by atoms with Crippen LogP contribution in [-0.2, 0) is 6.18 Å². The third kappa shape index (κ3) is 3.37. The molecule has 0 aliphatic carbocycles. The smallest absolute Gasteiger partial charge is 0.348 e. The Hall–Kier alpha value is -2.50. The van der Waals surface area contributed by atoms with E-state index >= 15 is 0 Å². The van der Waals surface area contributed by atoms with Crippen molar-refractivity contribution in [2.24, 2.45) is 0 Å². The molecule has 1 unspecified atom stereocenters. The zero-order chi connectivity index (χ0) is 17.3. The largest absolute Gasteiger partial charge is 0.451 e. The average molecular weight is 344 g/mol. The molecule has 0 bridgehead atoms. The lowest BCUT2D eigenvalue weighted by Crippen LogP contribution is -2.37. The van der Waals surface area contributed by atoms with E-state index in [1.54, 1.807) is 5.10 Å². The first kappa shape index (κ1) is 16.4. The summed E-state index contributed by atoms with van der Waals surface area (Å²) in [6.45, 7) is 2.84. The van der Waals surface area contributed by atoms with Crippen LogP contribution < -0.4 is 10.6 Å². The normalized spacial score (nSPS) is 18.1. The van der Waals surface area contributed by atoms with Crippen molar-refractivity contribution in [3.05, 3.63) is 17.5 Å². The van der Waals surface area contributed by atoms with E-state index in [2.05, 4.69) is 30.8 Å². The summed E-state index contributed by atoms with van der Waals surface area (Å²) in [5, 5.41) is 15.1. The van der Waals surface area contributed by atoms with Crippen LogP contribution >= 0.6 is 0 Å². The number of nitrogens with one attached hydrogen (secondary N) is 3. The second kappa shape index (κ2) is 6.19. The highest BCUT2D eigenvalue weighted by atomic mass is 19.4. The Morgan fingerprint density at radius 2 is 2.21 bits per heavy atom. The summed E-state index contributed by atoms with van der Waals surface area (Å²) in [6, 6.07) is 0.208. The lowest BCUT2D eigenvalue weighted by atomic mass is 10.2. The molecule has 24 heavy (non-hydrogen) atoms. The van der Waals surface area contributed by atoms with Gasteiger partial charge in [-0.1, -0.05) is 0 Å². The molecule has 130 valence electrons. The van der Waals surface area contributed by atoms with Crippen LogP contribution in [0.5, 0.6) is 0 Å². The van der Waals surface area contributed by atoms with Crippen LogP contribution in [0.15, 0.2) is 0 Å². The highest BCUT2D eigenvalue weighted by Crippen LogP contribution is 2.26. The molecule has 3 rings (SSSR count). The van der Waals surface area contributed by atoms with E-state index in [4.69, 9.17) is 0 Å². The fourth-order valence-electron chi connectivity index (χ4n) is 2.38. The van der Waals surface area contributed by atoms with E-state index in [0.717, 1.165) is 24.1 Å². The minimum absolute atomic E-state index is 0.149. The van der Waals surface area contributed by atoms with Crippen molar-refractivity contribution in [3.8, 4) is 5.95 Å². The summed E-state index contributed by atoms with van der Waals surface area (Å²) < 4.78 is 38.6. The molecule has 0 radical (unpaired) electrons. The van der Waals surface area contributed by atoms with Crippen LogP contribution in [0.3, 0.4) is 0 Å². The first-order chi connectivity index (χ1) is 11.3. The van der Waals surface area contributed by atoms with Gasteiger partial charge in [-0.3, -0.25) is 9.89 Å².